The first kappa shape index (κ1) is 21.3. The van der Waals surface area contributed by atoms with Gasteiger partial charge < -0.3 is 20.1 Å². The van der Waals surface area contributed by atoms with Gasteiger partial charge in [-0.1, -0.05) is 43.2 Å². The second kappa shape index (κ2) is 8.41. The smallest absolute Gasteiger partial charge is 0.247 e. The van der Waals surface area contributed by atoms with E-state index in [0.29, 0.717) is 6.67 Å². The minimum atomic E-state index is -0.869. The maximum absolute atomic E-state index is 13.0. The van der Waals surface area contributed by atoms with Gasteiger partial charge in [0.15, 0.2) is 0 Å². The lowest BCUT2D eigenvalue weighted by Gasteiger charge is -2.51. The minimum Gasteiger partial charge on any atom is -0.497 e. The molecule has 2 saturated heterocycles. The fourth-order valence-corrected chi connectivity index (χ4v) is 6.08. The third-order valence-corrected chi connectivity index (χ3v) is 7.90. The Kier molecular flexibility index (Phi) is 5.59. The van der Waals surface area contributed by atoms with Gasteiger partial charge in [-0.25, -0.2) is 0 Å². The molecule has 2 atom stereocenters. The summed E-state index contributed by atoms with van der Waals surface area (Å²) < 4.78 is 5.31. The Balaban J connectivity index is 1.37. The van der Waals surface area contributed by atoms with Crippen molar-refractivity contribution < 1.29 is 14.6 Å². The van der Waals surface area contributed by atoms with E-state index in [1.165, 1.54) is 0 Å². The van der Waals surface area contributed by atoms with E-state index >= 15 is 0 Å². The van der Waals surface area contributed by atoms with Gasteiger partial charge in [0.25, 0.3) is 0 Å². The van der Waals surface area contributed by atoms with Crippen molar-refractivity contribution in [2.75, 3.05) is 31.8 Å². The first-order chi connectivity index (χ1) is 15.6. The number of methoxy groups -OCH3 is 1. The average Bonchev–Trinajstić information content (AvgIpc) is 3.16. The van der Waals surface area contributed by atoms with Gasteiger partial charge in [-0.3, -0.25) is 9.69 Å². The summed E-state index contributed by atoms with van der Waals surface area (Å²) in [5, 5.41) is 15.0. The highest BCUT2D eigenvalue weighted by molar-refractivity contribution is 5.93. The van der Waals surface area contributed by atoms with Crippen LogP contribution in [0.25, 0.3) is 0 Å². The second-order valence-corrected chi connectivity index (χ2v) is 9.41. The van der Waals surface area contributed by atoms with Gasteiger partial charge in [0, 0.05) is 24.8 Å². The van der Waals surface area contributed by atoms with E-state index in [9.17, 15) is 9.90 Å². The summed E-state index contributed by atoms with van der Waals surface area (Å²) >= 11 is 0. The first-order valence-electron chi connectivity index (χ1n) is 11.8. The molecule has 6 nitrogen and oxygen atoms in total. The van der Waals surface area contributed by atoms with Gasteiger partial charge in [0.2, 0.25) is 5.91 Å². The molecule has 0 bridgehead atoms. The van der Waals surface area contributed by atoms with Crippen molar-refractivity contribution in [2.24, 2.45) is 0 Å². The molecule has 2 heterocycles. The lowest BCUT2D eigenvalue weighted by molar-refractivity contribution is -0.127. The van der Waals surface area contributed by atoms with E-state index in [2.05, 4.69) is 27.2 Å². The van der Waals surface area contributed by atoms with Crippen molar-refractivity contribution in [3.05, 3.63) is 60.2 Å². The number of carbonyl (C=O) groups is 1. The minimum absolute atomic E-state index is 0.0663. The van der Waals surface area contributed by atoms with Crippen LogP contribution in [-0.4, -0.2) is 54.4 Å². The van der Waals surface area contributed by atoms with Crippen LogP contribution in [0.2, 0.25) is 0 Å². The van der Waals surface area contributed by atoms with Gasteiger partial charge in [0.05, 0.1) is 13.8 Å². The number of anilines is 1. The monoisotopic (exact) mass is 435 g/mol. The first-order valence-corrected chi connectivity index (χ1v) is 11.8. The number of hydrogen-bond donors (Lipinski definition) is 2. The zero-order valence-electron chi connectivity index (χ0n) is 18.8. The standard InChI is InChI=1S/C26H33N3O3/c1-32-22-12-10-20(11-13-22)26(31)14-6-5-9-23(26)28-17-15-25(16-18-28)24(30)27-19-29(25)21-7-3-2-4-8-21/h2-4,7-8,10-13,23,31H,5-6,9,14-19H2,1H3,(H,27,30). The molecule has 3 aliphatic rings. The number of para-hydroxylation sites is 1. The predicted molar refractivity (Wildman–Crippen MR) is 125 cm³/mol. The SMILES string of the molecule is COc1ccc(C2(O)CCCCC2N2CCC3(CC2)C(=O)NCN3c2ccccc2)cc1. The molecule has 0 radical (unpaired) electrons. The lowest BCUT2D eigenvalue weighted by Crippen LogP contribution is -2.61. The number of piperidine rings is 1. The summed E-state index contributed by atoms with van der Waals surface area (Å²) in [6, 6.07) is 18.2. The molecule has 1 saturated carbocycles. The number of ether oxygens (including phenoxy) is 1. The normalized spacial score (nSPS) is 28.0. The molecule has 32 heavy (non-hydrogen) atoms. The number of amides is 1. The van der Waals surface area contributed by atoms with E-state index in [0.717, 1.165) is 68.6 Å². The van der Waals surface area contributed by atoms with Crippen molar-refractivity contribution >= 4 is 11.6 Å². The molecule has 2 unspecified atom stereocenters. The van der Waals surface area contributed by atoms with Gasteiger partial charge in [-0.05, 0) is 55.5 Å². The molecule has 3 fully saturated rings. The summed E-state index contributed by atoms with van der Waals surface area (Å²) in [4.78, 5) is 17.7. The summed E-state index contributed by atoms with van der Waals surface area (Å²) in [5.74, 6) is 0.938. The van der Waals surface area contributed by atoms with Gasteiger partial charge in [-0.2, -0.15) is 0 Å². The van der Waals surface area contributed by atoms with E-state index in [1.807, 2.05) is 42.5 Å². The molecule has 2 aliphatic heterocycles. The molecular weight excluding hydrogens is 402 g/mol. The van der Waals surface area contributed by atoms with Crippen molar-refractivity contribution in [1.82, 2.24) is 10.2 Å². The molecule has 2 aromatic carbocycles. The third-order valence-electron chi connectivity index (χ3n) is 7.90. The Hall–Kier alpha value is -2.57. The zero-order chi connectivity index (χ0) is 22.2. The summed E-state index contributed by atoms with van der Waals surface area (Å²) in [6.45, 7) is 2.17. The molecule has 6 heteroatoms. The highest BCUT2D eigenvalue weighted by atomic mass is 16.5. The van der Waals surface area contributed by atoms with Crippen LogP contribution in [-0.2, 0) is 10.4 Å². The topological polar surface area (TPSA) is 65.0 Å². The van der Waals surface area contributed by atoms with Crippen molar-refractivity contribution in [1.29, 1.82) is 0 Å². The van der Waals surface area contributed by atoms with E-state index in [1.54, 1.807) is 7.11 Å². The van der Waals surface area contributed by atoms with Crippen LogP contribution in [0.3, 0.4) is 0 Å². The van der Waals surface area contributed by atoms with E-state index in [-0.39, 0.29) is 11.9 Å². The van der Waals surface area contributed by atoms with E-state index < -0.39 is 11.1 Å². The fourth-order valence-electron chi connectivity index (χ4n) is 6.08. The van der Waals surface area contributed by atoms with Crippen molar-refractivity contribution in [3.8, 4) is 5.75 Å². The molecule has 1 spiro atoms. The van der Waals surface area contributed by atoms with Crippen LogP contribution in [0, 0.1) is 0 Å². The number of benzene rings is 2. The molecule has 1 amide bonds. The van der Waals surface area contributed by atoms with Crippen LogP contribution in [0.1, 0.15) is 44.1 Å². The second-order valence-electron chi connectivity index (χ2n) is 9.41. The lowest BCUT2D eigenvalue weighted by atomic mass is 9.73. The largest absolute Gasteiger partial charge is 0.497 e. The maximum Gasteiger partial charge on any atom is 0.247 e. The zero-order valence-corrected chi connectivity index (χ0v) is 18.8. The van der Waals surface area contributed by atoms with Crippen LogP contribution >= 0.6 is 0 Å². The van der Waals surface area contributed by atoms with Crippen LogP contribution < -0.4 is 15.0 Å². The Morgan fingerprint density at radius 1 is 1.00 bits per heavy atom. The molecule has 5 rings (SSSR count). The summed E-state index contributed by atoms with van der Waals surface area (Å²) in [5.41, 5.74) is 0.691. The number of nitrogens with one attached hydrogen (secondary N) is 1. The van der Waals surface area contributed by atoms with Crippen molar-refractivity contribution in [2.45, 2.75) is 55.7 Å². The number of aliphatic hydroxyl groups is 1. The molecule has 170 valence electrons. The predicted octanol–water partition coefficient (Wildman–Crippen LogP) is 3.25. The number of carbonyl (C=O) groups excluding carboxylic acids is 1. The Morgan fingerprint density at radius 3 is 2.41 bits per heavy atom. The van der Waals surface area contributed by atoms with E-state index in [4.69, 9.17) is 4.74 Å². The van der Waals surface area contributed by atoms with Crippen LogP contribution in [0.4, 0.5) is 5.69 Å². The number of rotatable bonds is 4. The molecule has 2 N–H and O–H groups in total. The van der Waals surface area contributed by atoms with Gasteiger partial charge >= 0.3 is 0 Å². The van der Waals surface area contributed by atoms with Crippen LogP contribution in [0.15, 0.2) is 54.6 Å². The molecule has 1 aliphatic carbocycles. The average molecular weight is 436 g/mol. The fraction of sp³-hybridized carbons (Fsp3) is 0.500. The Labute approximate surface area is 190 Å². The van der Waals surface area contributed by atoms with Crippen LogP contribution in [0.5, 0.6) is 5.75 Å². The molecular formula is C26H33N3O3. The Morgan fingerprint density at radius 2 is 1.72 bits per heavy atom. The summed E-state index contributed by atoms with van der Waals surface area (Å²) in [7, 11) is 1.66. The van der Waals surface area contributed by atoms with Gasteiger partial charge in [-0.15, -0.1) is 0 Å². The van der Waals surface area contributed by atoms with Gasteiger partial charge in [0.1, 0.15) is 16.9 Å². The number of likely N-dealkylation sites (tertiary alicyclic amines) is 1. The quantitative estimate of drug-likeness (QED) is 0.772. The Bertz CT molecular complexity index is 941. The number of hydrogen-bond acceptors (Lipinski definition) is 5. The number of nitrogens with zero attached hydrogens (tertiary/aromatic N) is 2. The highest BCUT2D eigenvalue weighted by Crippen LogP contribution is 2.43. The molecule has 0 aromatic heterocycles. The highest BCUT2D eigenvalue weighted by Gasteiger charge is 2.53. The maximum atomic E-state index is 13.0. The van der Waals surface area contributed by atoms with Crippen molar-refractivity contribution in [3.63, 3.8) is 0 Å². The molecule has 2 aromatic rings. The third kappa shape index (κ3) is 3.46. The summed E-state index contributed by atoms with van der Waals surface area (Å²) in [6.07, 6.45) is 5.43.